The van der Waals surface area contributed by atoms with Crippen molar-refractivity contribution in [2.75, 3.05) is 0 Å². The normalized spacial score (nSPS) is 9.69. The van der Waals surface area contributed by atoms with Gasteiger partial charge >= 0.3 is 306 Å². The summed E-state index contributed by atoms with van der Waals surface area (Å²) in [5, 5.41) is 42.6. The van der Waals surface area contributed by atoms with Gasteiger partial charge in [-0.15, -0.1) is 0 Å². The Morgan fingerprint density at radius 3 is 0.223 bits per heavy atom. The molecule has 0 aromatic heterocycles. The van der Waals surface area contributed by atoms with Crippen molar-refractivity contribution in [1.29, 1.82) is 0 Å². The Bertz CT molecular complexity index is 1320. The van der Waals surface area contributed by atoms with Crippen LogP contribution in [0.2, 0.25) is 0 Å². The average Bonchev–Trinajstić information content (AvgIpc) is 1.21. The monoisotopic (exact) mass is 1710 g/mol. The zero-order valence-corrected chi connectivity index (χ0v) is 93.8. The fourth-order valence-electron chi connectivity index (χ4n) is 13.2. The maximum absolute atomic E-state index is 10.3. The summed E-state index contributed by atoms with van der Waals surface area (Å²) in [6.45, 7) is 11.4. The number of unbranched alkanes of at least 4 members (excludes halogenated alkanes) is 70. The van der Waals surface area contributed by atoms with Crippen LogP contribution in [0.15, 0.2) is 0 Å². The van der Waals surface area contributed by atoms with Crippen LogP contribution in [0.25, 0.3) is 0 Å². The van der Waals surface area contributed by atoms with E-state index < -0.39 is 29.8 Å². The van der Waals surface area contributed by atoms with Crippen LogP contribution in [0.5, 0.6) is 0 Å². The predicted molar refractivity (Wildman–Crippen MR) is 505 cm³/mol. The number of hydrogen-bond donors (Lipinski definition) is 5. The van der Waals surface area contributed by atoms with Gasteiger partial charge in [-0.1, -0.05) is 484 Å². The largest absolute Gasteiger partial charge is 2.00 e. The van der Waals surface area contributed by atoms with Crippen LogP contribution < -0.4 is 0 Å². The third-order valence-electron chi connectivity index (χ3n) is 20.0. The minimum atomic E-state index is -0.653. The van der Waals surface area contributed by atoms with E-state index >= 15 is 0 Å². The van der Waals surface area contributed by atoms with Crippen LogP contribution in [0, 0.1) is 0 Å². The summed E-state index contributed by atoms with van der Waals surface area (Å²) in [6.07, 6.45) is 101. The van der Waals surface area contributed by atoms with Crippen LogP contribution in [-0.4, -0.2) is 332 Å². The molecule has 5 N–H and O–H groups in total. The van der Waals surface area contributed by atoms with Gasteiger partial charge < -0.3 is 25.5 Å². The second-order valence-electron chi connectivity index (χ2n) is 30.5. The van der Waals surface area contributed by atoms with Crippen molar-refractivity contribution < 1.29 is 49.5 Å². The van der Waals surface area contributed by atoms with Crippen molar-refractivity contribution in [3.8, 4) is 0 Å². The summed E-state index contributed by atoms with van der Waals surface area (Å²) in [7, 11) is 0. The van der Waals surface area contributed by atoms with E-state index in [1.165, 1.54) is 417 Å². The minimum Gasteiger partial charge on any atom is -0.481 e. The van der Waals surface area contributed by atoms with E-state index in [0.29, 0.717) is 32.1 Å². The molecule has 0 rings (SSSR count). The molecule has 0 radical (unpaired) electrons. The van der Waals surface area contributed by atoms with Crippen LogP contribution in [0.3, 0.4) is 0 Å². The smallest absolute Gasteiger partial charge is 0.481 e. The van der Waals surface area contributed by atoms with E-state index in [4.69, 9.17) is 25.5 Å². The molecule has 0 spiro atoms. The molecule has 0 saturated carbocycles. The van der Waals surface area contributed by atoms with E-state index in [0.717, 1.165) is 64.2 Å². The van der Waals surface area contributed by atoms with Crippen LogP contribution in [0.4, 0.5) is 0 Å². The van der Waals surface area contributed by atoms with Gasteiger partial charge in [-0.05, 0) is 32.1 Å². The molecule has 0 aliphatic carbocycles. The van der Waals surface area contributed by atoms with Gasteiger partial charge in [-0.3, -0.25) is 24.0 Å². The van der Waals surface area contributed by atoms with Crippen molar-refractivity contribution in [2.45, 2.75) is 548 Å². The molecule has 10 nitrogen and oxygen atoms in total. The molecule has 0 unspecified atom stereocenters. The third kappa shape index (κ3) is 186. The maximum atomic E-state index is 10.3. The van der Waals surface area contributed by atoms with E-state index in [1.54, 1.807) is 0 Å². The molecular formula is C90H180Mg12O10+24. The van der Waals surface area contributed by atoms with Crippen molar-refractivity contribution in [3.63, 3.8) is 0 Å². The summed E-state index contributed by atoms with van der Waals surface area (Å²) >= 11 is 0. The van der Waals surface area contributed by atoms with E-state index in [-0.39, 0.29) is 277 Å². The second kappa shape index (κ2) is 155. The summed E-state index contributed by atoms with van der Waals surface area (Å²) < 4.78 is 0. The van der Waals surface area contributed by atoms with Gasteiger partial charge in [0.2, 0.25) is 0 Å². The molecule has 0 aliphatic rings. The Kier molecular flexibility index (Phi) is 220. The molecule has 0 aromatic carbocycles. The first-order valence-electron chi connectivity index (χ1n) is 44.9. The molecule has 0 atom stereocenters. The van der Waals surface area contributed by atoms with Gasteiger partial charge in [0.25, 0.3) is 0 Å². The number of carbonyl (C=O) groups is 5. The van der Waals surface area contributed by atoms with E-state index in [1.807, 2.05) is 0 Å². The molecule has 0 bridgehead atoms. The standard InChI is InChI=1S/5C18H36O2.12Mg/c5*1-2-3-4-5-6-7-8-9-10-11-12-13-14-15-16-17-18(19)20;;;;;;;;;;;;/h5*2-17H2,1H3,(H,19,20);;;;;;;;;;;;/q;;;;;12*+2. The Labute approximate surface area is 891 Å². The topological polar surface area (TPSA) is 186 Å². The second-order valence-corrected chi connectivity index (χ2v) is 30.5. The van der Waals surface area contributed by atoms with Crippen molar-refractivity contribution in [3.05, 3.63) is 0 Å². The number of rotatable bonds is 80. The van der Waals surface area contributed by atoms with Gasteiger partial charge in [-0.2, -0.15) is 0 Å². The molecule has 22 heteroatoms. The summed E-state index contributed by atoms with van der Waals surface area (Å²) in [5.41, 5.74) is 0. The Balaban J connectivity index is -0.0000000654. The number of carboxylic acids is 5. The molecule has 0 amide bonds. The zero-order chi connectivity index (χ0) is 74.5. The van der Waals surface area contributed by atoms with Gasteiger partial charge in [0, 0.05) is 32.1 Å². The van der Waals surface area contributed by atoms with Gasteiger partial charge in [0.1, 0.15) is 0 Å². The van der Waals surface area contributed by atoms with E-state index in [9.17, 15) is 24.0 Å². The predicted octanol–water partition coefficient (Wildman–Crippen LogP) is 27.1. The quantitative estimate of drug-likeness (QED) is 0.0290. The Morgan fingerprint density at radius 2 is 0.170 bits per heavy atom. The van der Waals surface area contributed by atoms with Crippen LogP contribution >= 0.6 is 0 Å². The third-order valence-corrected chi connectivity index (χ3v) is 20.0. The maximum Gasteiger partial charge on any atom is 2.00 e. The molecule has 0 aliphatic heterocycles. The minimum absolute atomic E-state index is 0. The SMILES string of the molecule is CCCCCCCCCCCCCCCCCC(=O)O.CCCCCCCCCCCCCCCCCC(=O)O.CCCCCCCCCCCCCCCCCC(=O)O.CCCCCCCCCCCCCCCCCC(=O)O.CCCCCCCCCCCCCCCCCC(=O)O.[Mg+2].[Mg+2].[Mg+2].[Mg+2].[Mg+2].[Mg+2].[Mg+2].[Mg+2].[Mg+2].[Mg+2].[Mg+2].[Mg+2]. The molecule has 0 aromatic rings. The molecular weight excluding hydrogens is 1530 g/mol. The summed E-state index contributed by atoms with van der Waals surface area (Å²) in [6, 6.07) is 0. The Hall–Kier alpha value is 6.54. The average molecular weight is 1710 g/mol. The number of carboxylic acid groups (broad SMARTS) is 5. The molecule has 0 fully saturated rings. The van der Waals surface area contributed by atoms with E-state index in [2.05, 4.69) is 34.6 Å². The van der Waals surface area contributed by atoms with Crippen molar-refractivity contribution in [1.82, 2.24) is 0 Å². The van der Waals surface area contributed by atoms with Gasteiger partial charge in [0.15, 0.2) is 0 Å². The first-order valence-corrected chi connectivity index (χ1v) is 44.9. The van der Waals surface area contributed by atoms with Crippen LogP contribution in [0.1, 0.15) is 548 Å². The molecule has 0 heterocycles. The first-order chi connectivity index (χ1) is 48.9. The van der Waals surface area contributed by atoms with Crippen molar-refractivity contribution in [2.24, 2.45) is 0 Å². The summed E-state index contributed by atoms with van der Waals surface area (Å²) in [5.74, 6) is -3.27. The molecule has 0 saturated heterocycles. The fraction of sp³-hybridized carbons (Fsp3) is 0.944. The fourth-order valence-corrected chi connectivity index (χ4v) is 13.2. The van der Waals surface area contributed by atoms with Crippen molar-refractivity contribution >= 4 is 306 Å². The first kappa shape index (κ1) is 159. The molecule has 112 heavy (non-hydrogen) atoms. The van der Waals surface area contributed by atoms with Gasteiger partial charge in [-0.25, -0.2) is 0 Å². The van der Waals surface area contributed by atoms with Crippen LogP contribution in [-0.2, 0) is 24.0 Å². The summed E-state index contributed by atoms with van der Waals surface area (Å²) in [4.78, 5) is 51.7. The zero-order valence-electron chi connectivity index (χ0n) is 76.8. The molecule has 600 valence electrons. The number of aliphatic carboxylic acids is 5. The Morgan fingerprint density at radius 1 is 0.116 bits per heavy atom. The van der Waals surface area contributed by atoms with Gasteiger partial charge in [0.05, 0.1) is 0 Å². The number of hydrogen-bond acceptors (Lipinski definition) is 5.